The van der Waals surface area contributed by atoms with Crippen LogP contribution in [0.1, 0.15) is 0 Å². The molecule has 5 nitrogen and oxygen atoms in total. The number of fused-ring (bicyclic) bond motifs is 1. The van der Waals surface area contributed by atoms with E-state index in [2.05, 4.69) is 10.2 Å². The molecule has 14 heavy (non-hydrogen) atoms. The summed E-state index contributed by atoms with van der Waals surface area (Å²) in [6, 6.07) is 7.77. The number of rotatable bonds is 0. The highest BCUT2D eigenvalue weighted by atomic mass is 16.3. The number of nitrogens with two attached hydrogens (primary N) is 1. The number of anilines is 1. The zero-order valence-electron chi connectivity index (χ0n) is 7.29. The molecule has 0 aliphatic carbocycles. The SMILES string of the molecule is Nc1nncc2ccccc12.O=CO. The second-order valence-corrected chi connectivity index (χ2v) is 2.42. The molecule has 0 aliphatic rings. The summed E-state index contributed by atoms with van der Waals surface area (Å²) in [4.78, 5) is 8.36. The van der Waals surface area contributed by atoms with E-state index in [4.69, 9.17) is 15.6 Å². The fraction of sp³-hybridized carbons (Fsp3) is 0. The smallest absolute Gasteiger partial charge is 0.290 e. The Morgan fingerprint density at radius 2 is 2.00 bits per heavy atom. The molecule has 5 heteroatoms. The molecule has 0 saturated carbocycles. The van der Waals surface area contributed by atoms with Crippen LogP contribution in [0.2, 0.25) is 0 Å². The summed E-state index contributed by atoms with van der Waals surface area (Å²) >= 11 is 0. The first-order valence-corrected chi connectivity index (χ1v) is 3.83. The maximum Gasteiger partial charge on any atom is 0.290 e. The van der Waals surface area contributed by atoms with Crippen LogP contribution in [0.25, 0.3) is 10.8 Å². The summed E-state index contributed by atoms with van der Waals surface area (Å²) in [5.41, 5.74) is 5.58. The molecular weight excluding hydrogens is 182 g/mol. The summed E-state index contributed by atoms with van der Waals surface area (Å²) in [7, 11) is 0. The van der Waals surface area contributed by atoms with Gasteiger partial charge in [0.2, 0.25) is 0 Å². The first-order chi connectivity index (χ1) is 6.79. The standard InChI is InChI=1S/C8H7N3.CH2O2/c9-8-7-4-2-1-3-6(7)5-10-11-8;2-1-3/h1-5H,(H2,9,11);1H,(H,2,3). The highest BCUT2D eigenvalue weighted by Crippen LogP contribution is 2.15. The molecule has 72 valence electrons. The molecule has 1 aromatic carbocycles. The van der Waals surface area contributed by atoms with Crippen LogP contribution in [-0.2, 0) is 4.79 Å². The Morgan fingerprint density at radius 1 is 1.36 bits per heavy atom. The molecule has 2 aromatic rings. The Morgan fingerprint density at radius 3 is 2.64 bits per heavy atom. The summed E-state index contributed by atoms with van der Waals surface area (Å²) < 4.78 is 0. The molecule has 2 rings (SSSR count). The number of nitrogens with zero attached hydrogens (tertiary/aromatic N) is 2. The first kappa shape index (κ1) is 9.91. The van der Waals surface area contributed by atoms with Crippen LogP contribution < -0.4 is 5.73 Å². The quantitative estimate of drug-likeness (QED) is 0.604. The van der Waals surface area contributed by atoms with Gasteiger partial charge in [-0.05, 0) is 0 Å². The van der Waals surface area contributed by atoms with Crippen molar-refractivity contribution in [2.75, 3.05) is 5.73 Å². The van der Waals surface area contributed by atoms with Gasteiger partial charge in [-0.3, -0.25) is 4.79 Å². The predicted octanol–water partition coefficient (Wildman–Crippen LogP) is 0.913. The van der Waals surface area contributed by atoms with Crippen LogP contribution in [0.3, 0.4) is 0 Å². The van der Waals surface area contributed by atoms with E-state index in [1.54, 1.807) is 6.20 Å². The monoisotopic (exact) mass is 191 g/mol. The van der Waals surface area contributed by atoms with E-state index in [-0.39, 0.29) is 6.47 Å². The second-order valence-electron chi connectivity index (χ2n) is 2.42. The van der Waals surface area contributed by atoms with Crippen molar-refractivity contribution >= 4 is 23.1 Å². The molecule has 0 radical (unpaired) electrons. The number of carbonyl (C=O) groups is 1. The number of benzene rings is 1. The lowest BCUT2D eigenvalue weighted by atomic mass is 10.2. The van der Waals surface area contributed by atoms with Gasteiger partial charge in [0.25, 0.3) is 6.47 Å². The Kier molecular flexibility index (Phi) is 3.37. The van der Waals surface area contributed by atoms with Gasteiger partial charge in [-0.15, -0.1) is 5.10 Å². The lowest BCUT2D eigenvalue weighted by Crippen LogP contribution is -1.92. The van der Waals surface area contributed by atoms with E-state index in [0.717, 1.165) is 10.8 Å². The molecule has 1 aromatic heterocycles. The average Bonchev–Trinajstić information content (AvgIpc) is 2.20. The number of hydrogen-bond acceptors (Lipinski definition) is 4. The van der Waals surface area contributed by atoms with Crippen molar-refractivity contribution in [1.29, 1.82) is 0 Å². The maximum atomic E-state index is 8.36. The van der Waals surface area contributed by atoms with Gasteiger partial charge in [0, 0.05) is 10.8 Å². The average molecular weight is 191 g/mol. The van der Waals surface area contributed by atoms with Crippen molar-refractivity contribution in [1.82, 2.24) is 10.2 Å². The van der Waals surface area contributed by atoms with Gasteiger partial charge in [0.15, 0.2) is 5.82 Å². The van der Waals surface area contributed by atoms with Crippen LogP contribution in [-0.4, -0.2) is 21.8 Å². The molecule has 0 bridgehead atoms. The number of aromatic nitrogens is 2. The van der Waals surface area contributed by atoms with E-state index < -0.39 is 0 Å². The van der Waals surface area contributed by atoms with Gasteiger partial charge < -0.3 is 10.8 Å². The lowest BCUT2D eigenvalue weighted by molar-refractivity contribution is -0.122. The normalized spacial score (nSPS) is 8.86. The van der Waals surface area contributed by atoms with Gasteiger partial charge in [-0.1, -0.05) is 24.3 Å². The number of nitrogen functional groups attached to an aromatic ring is 1. The third-order valence-corrected chi connectivity index (χ3v) is 1.60. The lowest BCUT2D eigenvalue weighted by Gasteiger charge is -1.96. The highest BCUT2D eigenvalue weighted by molar-refractivity contribution is 5.89. The van der Waals surface area contributed by atoms with Crippen molar-refractivity contribution in [2.45, 2.75) is 0 Å². The molecule has 0 aliphatic heterocycles. The van der Waals surface area contributed by atoms with Crippen molar-refractivity contribution in [3.63, 3.8) is 0 Å². The minimum Gasteiger partial charge on any atom is -0.483 e. The third-order valence-electron chi connectivity index (χ3n) is 1.60. The highest BCUT2D eigenvalue weighted by Gasteiger charge is 1.95. The molecule has 0 amide bonds. The summed E-state index contributed by atoms with van der Waals surface area (Å²) in [6.45, 7) is -0.250. The van der Waals surface area contributed by atoms with Crippen molar-refractivity contribution in [3.8, 4) is 0 Å². The zero-order valence-corrected chi connectivity index (χ0v) is 7.29. The molecule has 0 fully saturated rings. The number of hydrogen-bond donors (Lipinski definition) is 2. The molecule has 0 atom stereocenters. The molecule has 0 saturated heterocycles. The molecule has 1 heterocycles. The predicted molar refractivity (Wildman–Crippen MR) is 52.6 cm³/mol. The van der Waals surface area contributed by atoms with E-state index in [0.29, 0.717) is 5.82 Å². The van der Waals surface area contributed by atoms with Crippen molar-refractivity contribution < 1.29 is 9.90 Å². The largest absolute Gasteiger partial charge is 0.483 e. The van der Waals surface area contributed by atoms with Gasteiger partial charge in [0.05, 0.1) is 6.20 Å². The molecule has 3 N–H and O–H groups in total. The topological polar surface area (TPSA) is 89.1 Å². The van der Waals surface area contributed by atoms with Gasteiger partial charge >= 0.3 is 0 Å². The minimum absolute atomic E-state index is 0.250. The van der Waals surface area contributed by atoms with Crippen molar-refractivity contribution in [3.05, 3.63) is 30.5 Å². The third kappa shape index (κ3) is 2.16. The van der Waals surface area contributed by atoms with E-state index in [1.165, 1.54) is 0 Å². The Labute approximate surface area is 80.2 Å². The molecule has 0 unspecified atom stereocenters. The van der Waals surface area contributed by atoms with E-state index in [9.17, 15) is 0 Å². The fourth-order valence-electron chi connectivity index (χ4n) is 1.05. The first-order valence-electron chi connectivity index (χ1n) is 3.83. The van der Waals surface area contributed by atoms with Crippen LogP contribution >= 0.6 is 0 Å². The van der Waals surface area contributed by atoms with Crippen LogP contribution in [0.4, 0.5) is 5.82 Å². The summed E-state index contributed by atoms with van der Waals surface area (Å²) in [6.07, 6.45) is 1.70. The summed E-state index contributed by atoms with van der Waals surface area (Å²) in [5, 5.41) is 16.3. The maximum absolute atomic E-state index is 8.36. The zero-order chi connectivity index (χ0) is 10.4. The van der Waals surface area contributed by atoms with Gasteiger partial charge in [-0.2, -0.15) is 5.10 Å². The minimum atomic E-state index is -0.250. The van der Waals surface area contributed by atoms with Crippen LogP contribution in [0.5, 0.6) is 0 Å². The van der Waals surface area contributed by atoms with Crippen LogP contribution in [0.15, 0.2) is 30.5 Å². The Bertz CT molecular complexity index is 426. The second kappa shape index (κ2) is 4.76. The van der Waals surface area contributed by atoms with Gasteiger partial charge in [-0.25, -0.2) is 0 Å². The van der Waals surface area contributed by atoms with E-state index in [1.807, 2.05) is 24.3 Å². The Hall–Kier alpha value is -2.17. The van der Waals surface area contributed by atoms with Crippen molar-refractivity contribution in [2.24, 2.45) is 0 Å². The number of carboxylic acid groups (broad SMARTS) is 1. The fourth-order valence-corrected chi connectivity index (χ4v) is 1.05. The van der Waals surface area contributed by atoms with Gasteiger partial charge in [0.1, 0.15) is 0 Å². The Balaban J connectivity index is 0.000000293. The molecular formula is C9H9N3O2. The molecule has 0 spiro atoms. The summed E-state index contributed by atoms with van der Waals surface area (Å²) in [5.74, 6) is 0.489. The van der Waals surface area contributed by atoms with E-state index >= 15 is 0 Å². The van der Waals surface area contributed by atoms with Crippen LogP contribution in [0, 0.1) is 0 Å².